The molecule has 1 saturated carbocycles. The van der Waals surface area contributed by atoms with Gasteiger partial charge in [-0.25, -0.2) is 0 Å². The molecule has 2 atom stereocenters. The predicted octanol–water partition coefficient (Wildman–Crippen LogP) is 1.94. The van der Waals surface area contributed by atoms with Crippen LogP contribution in [0.1, 0.15) is 39.0 Å². The van der Waals surface area contributed by atoms with Crippen molar-refractivity contribution in [3.63, 3.8) is 0 Å². The summed E-state index contributed by atoms with van der Waals surface area (Å²) in [6, 6.07) is 0. The van der Waals surface area contributed by atoms with Crippen LogP contribution in [0.25, 0.3) is 0 Å². The van der Waals surface area contributed by atoms with Gasteiger partial charge in [-0.3, -0.25) is 4.79 Å². The van der Waals surface area contributed by atoms with Gasteiger partial charge in [-0.2, -0.15) is 0 Å². The highest BCUT2D eigenvalue weighted by atomic mass is 16.5. The minimum Gasteiger partial charge on any atom is -0.466 e. The molecule has 0 radical (unpaired) electrons. The molecule has 2 unspecified atom stereocenters. The molecule has 80 valence electrons. The standard InChI is InChI=1S/C11H18O3/c1-9(13)14-8-11-5-3-2-4-10(11)6-7-12/h7,10-11H,2-6,8H2,1H3. The Morgan fingerprint density at radius 1 is 1.36 bits per heavy atom. The van der Waals surface area contributed by atoms with Crippen LogP contribution >= 0.6 is 0 Å². The van der Waals surface area contributed by atoms with Crippen molar-refractivity contribution in [3.8, 4) is 0 Å². The summed E-state index contributed by atoms with van der Waals surface area (Å²) in [5.41, 5.74) is 0. The highest BCUT2D eigenvalue weighted by Gasteiger charge is 2.25. The van der Waals surface area contributed by atoms with Gasteiger partial charge >= 0.3 is 5.97 Å². The van der Waals surface area contributed by atoms with Crippen LogP contribution in [0.3, 0.4) is 0 Å². The lowest BCUT2D eigenvalue weighted by Gasteiger charge is -2.29. The van der Waals surface area contributed by atoms with E-state index in [1.54, 1.807) is 0 Å². The third-order valence-corrected chi connectivity index (χ3v) is 2.97. The Balaban J connectivity index is 2.37. The third kappa shape index (κ3) is 3.48. The molecule has 3 nitrogen and oxygen atoms in total. The van der Waals surface area contributed by atoms with Crippen molar-refractivity contribution in [2.24, 2.45) is 11.8 Å². The first-order chi connectivity index (χ1) is 6.74. The normalized spacial score (nSPS) is 26.9. The van der Waals surface area contributed by atoms with Gasteiger partial charge in [0.25, 0.3) is 0 Å². The van der Waals surface area contributed by atoms with Crippen LogP contribution in [0, 0.1) is 11.8 Å². The molecule has 0 aromatic carbocycles. The molecule has 1 rings (SSSR count). The van der Waals surface area contributed by atoms with Gasteiger partial charge in [-0.05, 0) is 24.7 Å². The average Bonchev–Trinajstić information content (AvgIpc) is 2.17. The van der Waals surface area contributed by atoms with Crippen molar-refractivity contribution in [2.75, 3.05) is 6.61 Å². The maximum absolute atomic E-state index is 10.7. The molecule has 0 bridgehead atoms. The summed E-state index contributed by atoms with van der Waals surface area (Å²) in [5, 5.41) is 0. The zero-order valence-electron chi connectivity index (χ0n) is 8.70. The molecular formula is C11H18O3. The molecule has 0 aromatic heterocycles. The van der Waals surface area contributed by atoms with E-state index in [0.29, 0.717) is 24.9 Å². The maximum Gasteiger partial charge on any atom is 0.302 e. The lowest BCUT2D eigenvalue weighted by molar-refractivity contribution is -0.143. The highest BCUT2D eigenvalue weighted by molar-refractivity contribution is 5.65. The van der Waals surface area contributed by atoms with Crippen molar-refractivity contribution >= 4 is 12.3 Å². The second kappa shape index (κ2) is 5.78. The molecule has 0 N–H and O–H groups in total. The van der Waals surface area contributed by atoms with Crippen molar-refractivity contribution in [1.82, 2.24) is 0 Å². The number of esters is 1. The molecule has 0 aromatic rings. The highest BCUT2D eigenvalue weighted by Crippen LogP contribution is 2.31. The second-order valence-corrected chi connectivity index (χ2v) is 4.01. The van der Waals surface area contributed by atoms with E-state index < -0.39 is 0 Å². The van der Waals surface area contributed by atoms with E-state index in [1.807, 2.05) is 0 Å². The monoisotopic (exact) mass is 198 g/mol. The van der Waals surface area contributed by atoms with Gasteiger partial charge in [0.05, 0.1) is 6.61 Å². The molecule has 1 fully saturated rings. The van der Waals surface area contributed by atoms with Crippen LogP contribution in [0.15, 0.2) is 0 Å². The number of hydrogen-bond donors (Lipinski definition) is 0. The van der Waals surface area contributed by atoms with Crippen LogP contribution in [0.5, 0.6) is 0 Å². The van der Waals surface area contributed by atoms with Gasteiger partial charge in [0.1, 0.15) is 6.29 Å². The van der Waals surface area contributed by atoms with Gasteiger partial charge in [0.15, 0.2) is 0 Å². The van der Waals surface area contributed by atoms with Crippen molar-refractivity contribution in [3.05, 3.63) is 0 Å². The summed E-state index contributed by atoms with van der Waals surface area (Å²) in [7, 11) is 0. The number of carbonyl (C=O) groups is 2. The Morgan fingerprint density at radius 3 is 2.57 bits per heavy atom. The lowest BCUT2D eigenvalue weighted by atomic mass is 9.78. The Morgan fingerprint density at radius 2 is 2.00 bits per heavy atom. The van der Waals surface area contributed by atoms with Gasteiger partial charge in [-0.1, -0.05) is 12.8 Å². The molecule has 0 aliphatic heterocycles. The van der Waals surface area contributed by atoms with E-state index in [2.05, 4.69) is 0 Å². The van der Waals surface area contributed by atoms with E-state index in [-0.39, 0.29) is 5.97 Å². The Kier molecular flexibility index (Phi) is 4.63. The smallest absolute Gasteiger partial charge is 0.302 e. The first kappa shape index (κ1) is 11.2. The Hall–Kier alpha value is -0.860. The van der Waals surface area contributed by atoms with E-state index in [1.165, 1.54) is 19.8 Å². The molecule has 1 aliphatic rings. The Bertz CT molecular complexity index is 201. The Labute approximate surface area is 84.8 Å². The second-order valence-electron chi connectivity index (χ2n) is 4.01. The first-order valence-corrected chi connectivity index (χ1v) is 5.31. The molecule has 14 heavy (non-hydrogen) atoms. The van der Waals surface area contributed by atoms with E-state index in [9.17, 15) is 9.59 Å². The van der Waals surface area contributed by atoms with Crippen LogP contribution in [0.2, 0.25) is 0 Å². The van der Waals surface area contributed by atoms with Gasteiger partial charge < -0.3 is 9.53 Å². The zero-order chi connectivity index (χ0) is 10.4. The number of hydrogen-bond acceptors (Lipinski definition) is 3. The third-order valence-electron chi connectivity index (χ3n) is 2.97. The van der Waals surface area contributed by atoms with Crippen molar-refractivity contribution < 1.29 is 14.3 Å². The quantitative estimate of drug-likeness (QED) is 0.512. The summed E-state index contributed by atoms with van der Waals surface area (Å²) in [6.45, 7) is 1.92. The summed E-state index contributed by atoms with van der Waals surface area (Å²) in [4.78, 5) is 21.1. The van der Waals surface area contributed by atoms with Gasteiger partial charge in [0, 0.05) is 13.3 Å². The lowest BCUT2D eigenvalue weighted by Crippen LogP contribution is -2.25. The van der Waals surface area contributed by atoms with Crippen LogP contribution in [0.4, 0.5) is 0 Å². The molecule has 0 saturated heterocycles. The molecule has 3 heteroatoms. The van der Waals surface area contributed by atoms with Crippen molar-refractivity contribution in [1.29, 1.82) is 0 Å². The molecule has 1 aliphatic carbocycles. The fraction of sp³-hybridized carbons (Fsp3) is 0.818. The van der Waals surface area contributed by atoms with Crippen molar-refractivity contribution in [2.45, 2.75) is 39.0 Å². The van der Waals surface area contributed by atoms with Crippen LogP contribution in [-0.4, -0.2) is 18.9 Å². The van der Waals surface area contributed by atoms with Crippen LogP contribution < -0.4 is 0 Å². The number of ether oxygens (including phenoxy) is 1. The molecule has 0 spiro atoms. The summed E-state index contributed by atoms with van der Waals surface area (Å²) < 4.78 is 5.00. The minimum atomic E-state index is -0.222. The fourth-order valence-electron chi connectivity index (χ4n) is 2.16. The molecular weight excluding hydrogens is 180 g/mol. The fourth-order valence-corrected chi connectivity index (χ4v) is 2.16. The van der Waals surface area contributed by atoms with E-state index >= 15 is 0 Å². The number of rotatable bonds is 4. The summed E-state index contributed by atoms with van der Waals surface area (Å²) >= 11 is 0. The van der Waals surface area contributed by atoms with Crippen LogP contribution in [-0.2, 0) is 14.3 Å². The zero-order valence-corrected chi connectivity index (χ0v) is 8.70. The van der Waals surface area contributed by atoms with Gasteiger partial charge in [0.2, 0.25) is 0 Å². The van der Waals surface area contributed by atoms with E-state index in [4.69, 9.17) is 4.74 Å². The summed E-state index contributed by atoms with van der Waals surface area (Å²) in [5.74, 6) is 0.610. The molecule has 0 heterocycles. The first-order valence-electron chi connectivity index (χ1n) is 5.31. The molecule has 0 amide bonds. The number of aldehydes is 1. The SMILES string of the molecule is CC(=O)OCC1CCCCC1CC=O. The number of carbonyl (C=O) groups excluding carboxylic acids is 2. The maximum atomic E-state index is 10.7. The van der Waals surface area contributed by atoms with Gasteiger partial charge in [-0.15, -0.1) is 0 Å². The largest absolute Gasteiger partial charge is 0.466 e. The summed E-state index contributed by atoms with van der Waals surface area (Å²) in [6.07, 6.45) is 6.19. The topological polar surface area (TPSA) is 43.4 Å². The predicted molar refractivity (Wildman–Crippen MR) is 52.8 cm³/mol. The van der Waals surface area contributed by atoms with E-state index in [0.717, 1.165) is 19.1 Å². The minimum absolute atomic E-state index is 0.222. The average molecular weight is 198 g/mol.